The largest absolute Gasteiger partial charge is 0.243 e. The van der Waals surface area contributed by atoms with Crippen LogP contribution in [0.25, 0.3) is 6.08 Å². The molecule has 70 valence electrons. The van der Waals surface area contributed by atoms with Gasteiger partial charge in [0.15, 0.2) is 0 Å². The summed E-state index contributed by atoms with van der Waals surface area (Å²) in [7, 11) is 0. The van der Waals surface area contributed by atoms with Crippen molar-refractivity contribution in [1.82, 2.24) is 4.98 Å². The molecule has 0 amide bonds. The van der Waals surface area contributed by atoms with Gasteiger partial charge in [0.1, 0.15) is 5.15 Å². The lowest BCUT2D eigenvalue weighted by molar-refractivity contribution is 1.24. The van der Waals surface area contributed by atoms with Crippen molar-refractivity contribution in [2.45, 2.75) is 6.42 Å². The van der Waals surface area contributed by atoms with E-state index in [1.165, 1.54) is 0 Å². The highest BCUT2D eigenvalue weighted by Crippen LogP contribution is 2.24. The summed E-state index contributed by atoms with van der Waals surface area (Å²) in [5.74, 6) is 0.604. The second-order valence-corrected chi connectivity index (χ2v) is 3.50. The summed E-state index contributed by atoms with van der Waals surface area (Å²) in [4.78, 5) is 3.84. The maximum atomic E-state index is 5.89. The summed E-state index contributed by atoms with van der Waals surface area (Å²) >= 11 is 17.1. The first-order valence-corrected chi connectivity index (χ1v) is 5.07. The smallest absolute Gasteiger partial charge is 0.148 e. The predicted molar refractivity (Wildman–Crippen MR) is 58.6 cm³/mol. The summed E-state index contributed by atoms with van der Waals surface area (Å²) in [6, 6.07) is 1.80. The molecule has 4 heteroatoms. The zero-order valence-electron chi connectivity index (χ0n) is 6.80. The van der Waals surface area contributed by atoms with Crippen LogP contribution in [0.1, 0.15) is 12.0 Å². The van der Waals surface area contributed by atoms with E-state index < -0.39 is 0 Å². The molecule has 0 saturated carbocycles. The molecule has 0 atom stereocenters. The Kier molecular flexibility index (Phi) is 4.57. The average Bonchev–Trinajstić information content (AvgIpc) is 2.13. The minimum Gasteiger partial charge on any atom is -0.243 e. The number of aromatic nitrogens is 1. The van der Waals surface area contributed by atoms with Crippen molar-refractivity contribution in [1.29, 1.82) is 0 Å². The quantitative estimate of drug-likeness (QED) is 0.570. The molecule has 0 radical (unpaired) electrons. The van der Waals surface area contributed by atoms with Gasteiger partial charge in [-0.15, -0.1) is 11.6 Å². The molecule has 0 N–H and O–H groups in total. The Morgan fingerprint density at radius 1 is 1.38 bits per heavy atom. The van der Waals surface area contributed by atoms with E-state index in [0.29, 0.717) is 16.1 Å². The summed E-state index contributed by atoms with van der Waals surface area (Å²) in [6.07, 6.45) is 6.27. The third-order valence-corrected chi connectivity index (χ3v) is 2.45. The Morgan fingerprint density at radius 3 is 2.85 bits per heavy atom. The molecule has 13 heavy (non-hydrogen) atoms. The van der Waals surface area contributed by atoms with Crippen molar-refractivity contribution >= 4 is 40.9 Å². The van der Waals surface area contributed by atoms with Crippen molar-refractivity contribution in [3.63, 3.8) is 0 Å². The highest BCUT2D eigenvalue weighted by Gasteiger charge is 2.01. The first-order valence-electron chi connectivity index (χ1n) is 3.78. The monoisotopic (exact) mass is 235 g/mol. The zero-order chi connectivity index (χ0) is 9.68. The number of hydrogen-bond donors (Lipinski definition) is 0. The van der Waals surface area contributed by atoms with Gasteiger partial charge in [-0.05, 0) is 18.1 Å². The van der Waals surface area contributed by atoms with Gasteiger partial charge >= 0.3 is 0 Å². The second kappa shape index (κ2) is 5.48. The van der Waals surface area contributed by atoms with Gasteiger partial charge in [-0.3, -0.25) is 0 Å². The Morgan fingerprint density at radius 2 is 2.15 bits per heavy atom. The maximum Gasteiger partial charge on any atom is 0.148 e. The molecule has 0 unspecified atom stereocenters. The van der Waals surface area contributed by atoms with Crippen molar-refractivity contribution in [3.05, 3.63) is 34.1 Å². The molecule has 1 rings (SSSR count). The van der Waals surface area contributed by atoms with Crippen LogP contribution in [0, 0.1) is 0 Å². The van der Waals surface area contributed by atoms with E-state index in [-0.39, 0.29) is 0 Å². The van der Waals surface area contributed by atoms with E-state index in [9.17, 15) is 0 Å². The number of hydrogen-bond acceptors (Lipinski definition) is 1. The van der Waals surface area contributed by atoms with Crippen LogP contribution in [0.4, 0.5) is 0 Å². The number of allylic oxidation sites excluding steroid dienone is 1. The average molecular weight is 237 g/mol. The van der Waals surface area contributed by atoms with Gasteiger partial charge in [0.2, 0.25) is 0 Å². The van der Waals surface area contributed by atoms with Gasteiger partial charge in [-0.2, -0.15) is 0 Å². The third kappa shape index (κ3) is 3.18. The van der Waals surface area contributed by atoms with E-state index in [0.717, 1.165) is 12.0 Å². The molecule has 0 aliphatic carbocycles. The summed E-state index contributed by atoms with van der Waals surface area (Å²) < 4.78 is 0. The molecule has 0 fully saturated rings. The fraction of sp³-hybridized carbons (Fsp3) is 0.222. The van der Waals surface area contributed by atoms with Crippen molar-refractivity contribution < 1.29 is 0 Å². The van der Waals surface area contributed by atoms with Crippen LogP contribution in [0.3, 0.4) is 0 Å². The van der Waals surface area contributed by atoms with Crippen molar-refractivity contribution in [2.75, 3.05) is 5.88 Å². The molecular formula is C9H8Cl3N. The molecule has 0 aliphatic heterocycles. The minimum atomic E-state index is 0.328. The number of rotatable bonds is 3. The van der Waals surface area contributed by atoms with Gasteiger partial charge in [-0.25, -0.2) is 4.98 Å². The third-order valence-electron chi connectivity index (χ3n) is 1.45. The van der Waals surface area contributed by atoms with Gasteiger partial charge in [0.25, 0.3) is 0 Å². The van der Waals surface area contributed by atoms with E-state index in [2.05, 4.69) is 4.98 Å². The Balaban J connectivity index is 2.83. The van der Waals surface area contributed by atoms with Crippen LogP contribution in [-0.4, -0.2) is 10.9 Å². The van der Waals surface area contributed by atoms with Gasteiger partial charge in [-0.1, -0.05) is 35.4 Å². The molecule has 0 spiro atoms. The highest BCUT2D eigenvalue weighted by molar-refractivity contribution is 6.42. The lowest BCUT2D eigenvalue weighted by Gasteiger charge is -1.98. The van der Waals surface area contributed by atoms with Gasteiger partial charge in [0.05, 0.1) is 5.02 Å². The molecular weight excluding hydrogens is 228 g/mol. The van der Waals surface area contributed by atoms with Crippen LogP contribution in [0.15, 0.2) is 18.3 Å². The fourth-order valence-corrected chi connectivity index (χ4v) is 1.30. The second-order valence-electron chi connectivity index (χ2n) is 2.38. The molecule has 0 bridgehead atoms. The van der Waals surface area contributed by atoms with Gasteiger partial charge < -0.3 is 0 Å². The number of alkyl halides is 1. The summed E-state index contributed by atoms with van der Waals surface area (Å²) in [5, 5.41) is 0.810. The van der Waals surface area contributed by atoms with Crippen LogP contribution >= 0.6 is 34.8 Å². The van der Waals surface area contributed by atoms with E-state index >= 15 is 0 Å². The van der Waals surface area contributed by atoms with Crippen LogP contribution in [0.2, 0.25) is 10.2 Å². The lowest BCUT2D eigenvalue weighted by atomic mass is 10.2. The number of pyridine rings is 1. The molecule has 1 heterocycles. The first kappa shape index (κ1) is 10.8. The topological polar surface area (TPSA) is 12.9 Å². The fourth-order valence-electron chi connectivity index (χ4n) is 0.834. The number of nitrogens with zero attached hydrogens (tertiary/aromatic N) is 1. The van der Waals surface area contributed by atoms with Gasteiger partial charge in [0, 0.05) is 12.1 Å². The Labute approximate surface area is 92.3 Å². The summed E-state index contributed by atoms with van der Waals surface area (Å²) in [6.45, 7) is 0. The molecule has 1 aromatic heterocycles. The molecule has 1 aromatic rings. The molecule has 0 aliphatic rings. The van der Waals surface area contributed by atoms with Crippen LogP contribution in [0.5, 0.6) is 0 Å². The molecule has 1 nitrogen and oxygen atoms in total. The standard InChI is InChI=1S/C9H8Cl3N/c10-5-2-1-3-7-4-6-13-9(12)8(7)11/h1,3-4,6H,2,5H2. The van der Waals surface area contributed by atoms with E-state index in [1.54, 1.807) is 12.3 Å². The predicted octanol–water partition coefficient (Wildman–Crippen LogP) is 4.03. The lowest BCUT2D eigenvalue weighted by Crippen LogP contribution is -1.80. The zero-order valence-corrected chi connectivity index (χ0v) is 9.07. The Bertz CT molecular complexity index is 310. The van der Waals surface area contributed by atoms with Crippen LogP contribution < -0.4 is 0 Å². The minimum absolute atomic E-state index is 0.328. The van der Waals surface area contributed by atoms with Crippen molar-refractivity contribution in [2.24, 2.45) is 0 Å². The Hall–Kier alpha value is -0.240. The normalized spacial score (nSPS) is 11.0. The summed E-state index contributed by atoms with van der Waals surface area (Å²) in [5.41, 5.74) is 0.867. The number of halogens is 3. The molecule has 0 saturated heterocycles. The van der Waals surface area contributed by atoms with Crippen molar-refractivity contribution in [3.8, 4) is 0 Å². The van der Waals surface area contributed by atoms with E-state index in [1.807, 2.05) is 12.2 Å². The molecule has 0 aromatic carbocycles. The maximum absolute atomic E-state index is 5.89. The first-order chi connectivity index (χ1) is 6.25. The van der Waals surface area contributed by atoms with Crippen LogP contribution in [-0.2, 0) is 0 Å². The van der Waals surface area contributed by atoms with E-state index in [4.69, 9.17) is 34.8 Å². The SMILES string of the molecule is ClCCC=Cc1ccnc(Cl)c1Cl. The highest BCUT2D eigenvalue weighted by atomic mass is 35.5.